The molecule has 0 saturated carbocycles. The second kappa shape index (κ2) is 13.9. The van der Waals surface area contributed by atoms with Crippen molar-refractivity contribution >= 4 is 57.6 Å². The molecule has 11 rings (SSSR count). The number of fused-ring (bicyclic) bond motifs is 4. The predicted molar refractivity (Wildman–Crippen MR) is 245 cm³/mol. The fourth-order valence-corrected chi connectivity index (χ4v) is 19.7. The van der Waals surface area contributed by atoms with Crippen LogP contribution in [-0.4, -0.2) is 16.1 Å². The maximum absolute atomic E-state index is 7.08. The fraction of sp³-hybridized carbons (Fsp3) is 0. The maximum Gasteiger partial charge on any atom is 0.188 e. The van der Waals surface area contributed by atoms with E-state index in [1.807, 2.05) is 0 Å². The summed E-state index contributed by atoms with van der Waals surface area (Å²) in [7, 11) is -5.58. The number of benzene rings is 9. The average Bonchev–Trinajstić information content (AvgIpc) is 3.31. The van der Waals surface area contributed by atoms with Gasteiger partial charge >= 0.3 is 0 Å². The van der Waals surface area contributed by atoms with Gasteiger partial charge < -0.3 is 9.47 Å². The van der Waals surface area contributed by atoms with E-state index >= 15 is 0 Å². The van der Waals surface area contributed by atoms with Crippen LogP contribution < -0.4 is 51.0 Å². The second-order valence-corrected chi connectivity index (χ2v) is 22.6. The van der Waals surface area contributed by atoms with Gasteiger partial charge in [0.2, 0.25) is 0 Å². The van der Waals surface area contributed by atoms with Gasteiger partial charge in [-0.1, -0.05) is 212 Å². The van der Waals surface area contributed by atoms with Crippen LogP contribution in [0.5, 0.6) is 23.0 Å². The molecule has 0 aromatic heterocycles. The number of rotatable bonds is 6. The van der Waals surface area contributed by atoms with E-state index in [0.717, 1.165) is 45.3 Å². The summed E-state index contributed by atoms with van der Waals surface area (Å²) in [6.07, 6.45) is 0. The van der Waals surface area contributed by atoms with Crippen LogP contribution in [0, 0.1) is 0 Å². The van der Waals surface area contributed by atoms with Crippen LogP contribution in [0.25, 0.3) is 22.3 Å². The molecule has 0 radical (unpaired) electrons. The van der Waals surface area contributed by atoms with Crippen LogP contribution in [0.4, 0.5) is 0 Å². The van der Waals surface area contributed by atoms with Crippen molar-refractivity contribution in [2.45, 2.75) is 0 Å². The molecule has 0 amide bonds. The molecule has 58 heavy (non-hydrogen) atoms. The molecule has 4 heteroatoms. The average molecular weight is 775 g/mol. The Labute approximate surface area is 341 Å². The van der Waals surface area contributed by atoms with E-state index in [1.165, 1.54) is 41.5 Å². The lowest BCUT2D eigenvalue weighted by Crippen LogP contribution is -2.76. The normalized spacial score (nSPS) is 14.1. The van der Waals surface area contributed by atoms with E-state index in [2.05, 4.69) is 231 Å². The molecule has 0 saturated heterocycles. The quantitative estimate of drug-likeness (QED) is 0.160. The molecule has 9 aromatic rings. The number of ether oxygens (including phenoxy) is 2. The summed E-state index contributed by atoms with van der Waals surface area (Å²) in [6.45, 7) is 0. The lowest BCUT2D eigenvalue weighted by Gasteiger charge is -2.40. The van der Waals surface area contributed by atoms with Crippen LogP contribution in [-0.2, 0) is 0 Å². The van der Waals surface area contributed by atoms with E-state index in [0.29, 0.717) is 0 Å². The molecule has 2 nitrogen and oxygen atoms in total. The Morgan fingerprint density at radius 3 is 0.948 bits per heavy atom. The smallest absolute Gasteiger partial charge is 0.188 e. The van der Waals surface area contributed by atoms with Crippen molar-refractivity contribution in [1.29, 1.82) is 0 Å². The summed E-state index contributed by atoms with van der Waals surface area (Å²) in [5.74, 6) is 3.70. The van der Waals surface area contributed by atoms with E-state index in [9.17, 15) is 0 Å². The van der Waals surface area contributed by atoms with Crippen molar-refractivity contribution in [1.82, 2.24) is 0 Å². The van der Waals surface area contributed by atoms with Gasteiger partial charge in [0.25, 0.3) is 0 Å². The number of hydrogen-bond acceptors (Lipinski definition) is 2. The standard InChI is InChI=1S/C54H38O2Si2/c1-5-22-41(23-6-1)57(42-24-7-2-8-25-42)49-34-15-13-32-47(49)55-53-45(30-18-36-51(53)57)39-20-17-21-40(38-39)46-31-19-37-52-54(46)56-48-33-14-16-35-50(48)58(52,43-26-9-3-10-27-43)44-28-11-4-12-29-44/h1-38H. The topological polar surface area (TPSA) is 18.5 Å². The highest BCUT2D eigenvalue weighted by molar-refractivity contribution is 7.21. The van der Waals surface area contributed by atoms with Gasteiger partial charge in [0.05, 0.1) is 0 Å². The molecule has 0 N–H and O–H groups in total. The third-order valence-electron chi connectivity index (χ3n) is 12.2. The number of para-hydroxylation sites is 4. The van der Waals surface area contributed by atoms with Gasteiger partial charge in [0.1, 0.15) is 23.0 Å². The molecule has 0 fully saturated rings. The maximum atomic E-state index is 7.08. The van der Waals surface area contributed by atoms with Gasteiger partial charge in [0, 0.05) is 11.1 Å². The van der Waals surface area contributed by atoms with Gasteiger partial charge in [-0.2, -0.15) is 0 Å². The molecule has 9 aromatic carbocycles. The first-order valence-corrected chi connectivity index (χ1v) is 23.9. The fourth-order valence-electron chi connectivity index (χ4n) is 9.76. The van der Waals surface area contributed by atoms with Crippen LogP contribution in [0.1, 0.15) is 0 Å². The lowest BCUT2D eigenvalue weighted by molar-refractivity contribution is 0.489. The minimum atomic E-state index is -2.79. The van der Waals surface area contributed by atoms with Crippen molar-refractivity contribution in [3.05, 3.63) is 231 Å². The molecule has 0 atom stereocenters. The van der Waals surface area contributed by atoms with Gasteiger partial charge in [-0.05, 0) is 70.8 Å². The van der Waals surface area contributed by atoms with E-state index in [1.54, 1.807) is 0 Å². The largest absolute Gasteiger partial charge is 0.457 e. The third kappa shape index (κ3) is 5.09. The molecular weight excluding hydrogens is 737 g/mol. The highest BCUT2D eigenvalue weighted by Gasteiger charge is 2.50. The molecule has 0 unspecified atom stereocenters. The first kappa shape index (κ1) is 34.3. The highest BCUT2D eigenvalue weighted by atomic mass is 28.3. The van der Waals surface area contributed by atoms with E-state index < -0.39 is 16.1 Å². The zero-order valence-electron chi connectivity index (χ0n) is 31.8. The zero-order valence-corrected chi connectivity index (χ0v) is 33.8. The van der Waals surface area contributed by atoms with Crippen LogP contribution in [0.2, 0.25) is 0 Å². The van der Waals surface area contributed by atoms with E-state index in [-0.39, 0.29) is 0 Å². The minimum absolute atomic E-state index is 0.922. The zero-order chi connectivity index (χ0) is 38.5. The Morgan fingerprint density at radius 2 is 0.569 bits per heavy atom. The van der Waals surface area contributed by atoms with Crippen molar-refractivity contribution in [2.24, 2.45) is 0 Å². The Hall–Kier alpha value is -6.99. The molecule has 0 spiro atoms. The highest BCUT2D eigenvalue weighted by Crippen LogP contribution is 2.41. The minimum Gasteiger partial charge on any atom is -0.457 e. The van der Waals surface area contributed by atoms with Crippen LogP contribution >= 0.6 is 0 Å². The monoisotopic (exact) mass is 774 g/mol. The molecule has 0 aliphatic carbocycles. The SMILES string of the molecule is c1ccc([Si]2(c3ccccc3)c3ccccc3Oc3c(-c4cccc(-c5cccc6c5Oc5ccccc5[Si]6(c5ccccc5)c5ccccc5)c4)cccc32)cc1. The lowest BCUT2D eigenvalue weighted by atomic mass is 9.97. The van der Waals surface area contributed by atoms with Gasteiger partial charge in [-0.15, -0.1) is 0 Å². The Bertz CT molecular complexity index is 2670. The van der Waals surface area contributed by atoms with Gasteiger partial charge in [-0.25, -0.2) is 0 Å². The van der Waals surface area contributed by atoms with Crippen molar-refractivity contribution in [2.75, 3.05) is 0 Å². The van der Waals surface area contributed by atoms with E-state index in [4.69, 9.17) is 9.47 Å². The van der Waals surface area contributed by atoms with Gasteiger partial charge in [0.15, 0.2) is 16.1 Å². The van der Waals surface area contributed by atoms with Gasteiger partial charge in [-0.3, -0.25) is 0 Å². The summed E-state index contributed by atoms with van der Waals surface area (Å²) in [5.41, 5.74) is 4.35. The molecule has 2 heterocycles. The molecule has 2 aliphatic heterocycles. The summed E-state index contributed by atoms with van der Waals surface area (Å²) in [5, 5.41) is 10.4. The Balaban J connectivity index is 1.13. The molecular formula is C54H38O2Si2. The third-order valence-corrected chi connectivity index (χ3v) is 21.8. The summed E-state index contributed by atoms with van der Waals surface area (Å²) in [6, 6.07) is 84.1. The second-order valence-electron chi connectivity index (χ2n) is 15.1. The molecule has 2 aliphatic rings. The first-order chi connectivity index (χ1) is 28.8. The predicted octanol–water partition coefficient (Wildman–Crippen LogP) is 7.99. The number of hydrogen-bond donors (Lipinski definition) is 0. The summed E-state index contributed by atoms with van der Waals surface area (Å²) < 4.78 is 14.2. The van der Waals surface area contributed by atoms with Crippen molar-refractivity contribution < 1.29 is 9.47 Å². The first-order valence-electron chi connectivity index (χ1n) is 19.9. The molecule has 0 bridgehead atoms. The Morgan fingerprint density at radius 1 is 0.259 bits per heavy atom. The molecule has 274 valence electrons. The van der Waals surface area contributed by atoms with Crippen molar-refractivity contribution in [3.8, 4) is 45.3 Å². The van der Waals surface area contributed by atoms with Crippen LogP contribution in [0.15, 0.2) is 231 Å². The Kier molecular flexibility index (Phi) is 8.21. The summed E-state index contributed by atoms with van der Waals surface area (Å²) in [4.78, 5) is 0. The van der Waals surface area contributed by atoms with Crippen molar-refractivity contribution in [3.63, 3.8) is 0 Å². The van der Waals surface area contributed by atoms with Crippen LogP contribution in [0.3, 0.4) is 0 Å². The summed E-state index contributed by atoms with van der Waals surface area (Å²) >= 11 is 0.